The Bertz CT molecular complexity index is 571. The van der Waals surface area contributed by atoms with Crippen LogP contribution in [0.1, 0.15) is 32.3 Å². The van der Waals surface area contributed by atoms with Gasteiger partial charge in [0.2, 0.25) is 0 Å². The molecule has 2 rings (SSSR count). The average Bonchev–Trinajstić information content (AvgIpc) is 2.64. The summed E-state index contributed by atoms with van der Waals surface area (Å²) in [6.07, 6.45) is 2.84. The molecule has 1 saturated heterocycles. The predicted molar refractivity (Wildman–Crippen MR) is 102 cm³/mol. The van der Waals surface area contributed by atoms with Crippen molar-refractivity contribution in [2.45, 2.75) is 39.2 Å². The van der Waals surface area contributed by atoms with Crippen molar-refractivity contribution in [2.75, 3.05) is 40.0 Å². The Labute approximate surface area is 156 Å². The van der Waals surface area contributed by atoms with Crippen molar-refractivity contribution in [1.29, 1.82) is 0 Å². The third kappa shape index (κ3) is 5.88. The third-order valence-electron chi connectivity index (χ3n) is 4.84. The molecule has 1 aliphatic rings. The van der Waals surface area contributed by atoms with Gasteiger partial charge in [-0.2, -0.15) is 0 Å². The Hall–Kier alpha value is -1.79. The summed E-state index contributed by atoms with van der Waals surface area (Å²) in [5.41, 5.74) is 6.83. The molecule has 1 heterocycles. The lowest BCUT2D eigenvalue weighted by Crippen LogP contribution is -2.36. The van der Waals surface area contributed by atoms with Crippen LogP contribution in [0, 0.1) is 5.92 Å². The largest absolute Gasteiger partial charge is 0.493 e. The number of para-hydroxylation sites is 1. The van der Waals surface area contributed by atoms with Gasteiger partial charge >= 0.3 is 5.97 Å². The number of hydrogen-bond donors (Lipinski definition) is 1. The summed E-state index contributed by atoms with van der Waals surface area (Å²) in [6, 6.07) is 4.94. The molecule has 1 aromatic carbocycles. The van der Waals surface area contributed by atoms with Crippen molar-refractivity contribution in [3.05, 3.63) is 23.8 Å². The Balaban J connectivity index is 1.98. The quantitative estimate of drug-likeness (QED) is 0.678. The fourth-order valence-electron chi connectivity index (χ4n) is 3.18. The number of esters is 1. The van der Waals surface area contributed by atoms with Crippen LogP contribution >= 0.6 is 0 Å². The molecule has 0 radical (unpaired) electrons. The van der Waals surface area contributed by atoms with Gasteiger partial charge in [0.15, 0.2) is 11.5 Å². The predicted octanol–water partition coefficient (Wildman–Crippen LogP) is 2.24. The molecule has 26 heavy (non-hydrogen) atoms. The molecule has 0 spiro atoms. The van der Waals surface area contributed by atoms with E-state index < -0.39 is 12.0 Å². The number of rotatable bonds is 9. The number of piperidine rings is 1. The second-order valence-corrected chi connectivity index (χ2v) is 6.88. The van der Waals surface area contributed by atoms with Crippen LogP contribution in [-0.2, 0) is 16.0 Å². The van der Waals surface area contributed by atoms with E-state index in [0.29, 0.717) is 31.1 Å². The van der Waals surface area contributed by atoms with Crippen LogP contribution in [0.25, 0.3) is 0 Å². The lowest BCUT2D eigenvalue weighted by atomic mass is 9.99. The molecule has 2 N–H and O–H groups in total. The van der Waals surface area contributed by atoms with Gasteiger partial charge in [-0.3, -0.25) is 9.69 Å². The van der Waals surface area contributed by atoms with Crippen LogP contribution in [-0.4, -0.2) is 56.9 Å². The first kappa shape index (κ1) is 20.5. The van der Waals surface area contributed by atoms with Crippen LogP contribution in [0.4, 0.5) is 0 Å². The first-order chi connectivity index (χ1) is 12.5. The van der Waals surface area contributed by atoms with Crippen LogP contribution in [0.2, 0.25) is 0 Å². The van der Waals surface area contributed by atoms with Gasteiger partial charge in [0.05, 0.1) is 13.7 Å². The van der Waals surface area contributed by atoms with Gasteiger partial charge in [0.25, 0.3) is 0 Å². The summed E-state index contributed by atoms with van der Waals surface area (Å²) in [5, 5.41) is 0. The molecule has 0 amide bonds. The molecule has 1 unspecified atom stereocenters. The van der Waals surface area contributed by atoms with Gasteiger partial charge in [-0.1, -0.05) is 19.1 Å². The molecule has 1 aromatic rings. The number of hydrogen-bond acceptors (Lipinski definition) is 6. The molecule has 1 aliphatic heterocycles. The standard InChI is InChI=1S/C20H32N2O4/c1-4-25-20(23)17(21)14-16-6-5-7-18(24-3)19(16)26-13-12-22-10-8-15(2)9-11-22/h5-7,15,17H,4,8-14,21H2,1-3H3. The van der Waals surface area contributed by atoms with Gasteiger partial charge in [0, 0.05) is 18.5 Å². The van der Waals surface area contributed by atoms with E-state index in [4.69, 9.17) is 19.9 Å². The van der Waals surface area contributed by atoms with Gasteiger partial charge < -0.3 is 19.9 Å². The second-order valence-electron chi connectivity index (χ2n) is 6.88. The number of carbonyl (C=O) groups is 1. The Morgan fingerprint density at radius 2 is 2.08 bits per heavy atom. The van der Waals surface area contributed by atoms with Crippen LogP contribution in [0.15, 0.2) is 18.2 Å². The molecule has 6 nitrogen and oxygen atoms in total. The fourth-order valence-corrected chi connectivity index (χ4v) is 3.18. The van der Waals surface area contributed by atoms with E-state index >= 15 is 0 Å². The van der Waals surface area contributed by atoms with E-state index in [2.05, 4.69) is 11.8 Å². The molecule has 1 atom stereocenters. The monoisotopic (exact) mass is 364 g/mol. The normalized spacial score (nSPS) is 16.9. The molecular weight excluding hydrogens is 332 g/mol. The van der Waals surface area contributed by atoms with Gasteiger partial charge in [-0.25, -0.2) is 0 Å². The number of likely N-dealkylation sites (tertiary alicyclic amines) is 1. The number of nitrogens with zero attached hydrogens (tertiary/aromatic N) is 1. The van der Waals surface area contributed by atoms with Crippen molar-refractivity contribution in [2.24, 2.45) is 11.7 Å². The minimum absolute atomic E-state index is 0.322. The van der Waals surface area contributed by atoms with Crippen molar-refractivity contribution in [3.8, 4) is 11.5 Å². The Kier molecular flexibility index (Phi) is 8.19. The smallest absolute Gasteiger partial charge is 0.323 e. The molecule has 0 aliphatic carbocycles. The first-order valence-electron chi connectivity index (χ1n) is 9.48. The zero-order valence-electron chi connectivity index (χ0n) is 16.2. The lowest BCUT2D eigenvalue weighted by molar-refractivity contribution is -0.144. The highest BCUT2D eigenvalue weighted by Gasteiger charge is 2.20. The molecule has 146 valence electrons. The molecule has 0 saturated carbocycles. The van der Waals surface area contributed by atoms with E-state index in [1.165, 1.54) is 12.8 Å². The molecule has 0 bridgehead atoms. The van der Waals surface area contributed by atoms with Gasteiger partial charge in [-0.15, -0.1) is 0 Å². The minimum Gasteiger partial charge on any atom is -0.493 e. The second kappa shape index (κ2) is 10.4. The van der Waals surface area contributed by atoms with E-state index in [-0.39, 0.29) is 0 Å². The van der Waals surface area contributed by atoms with E-state index in [9.17, 15) is 4.79 Å². The topological polar surface area (TPSA) is 74.0 Å². The van der Waals surface area contributed by atoms with Crippen molar-refractivity contribution < 1.29 is 19.0 Å². The third-order valence-corrected chi connectivity index (χ3v) is 4.84. The average molecular weight is 364 g/mol. The number of carbonyl (C=O) groups excluding carboxylic acids is 1. The maximum Gasteiger partial charge on any atom is 0.323 e. The zero-order chi connectivity index (χ0) is 18.9. The van der Waals surface area contributed by atoms with E-state index in [0.717, 1.165) is 31.1 Å². The molecule has 1 fully saturated rings. The van der Waals surface area contributed by atoms with Crippen molar-refractivity contribution >= 4 is 5.97 Å². The highest BCUT2D eigenvalue weighted by atomic mass is 16.5. The minimum atomic E-state index is -0.715. The first-order valence-corrected chi connectivity index (χ1v) is 9.48. The zero-order valence-corrected chi connectivity index (χ0v) is 16.2. The number of nitrogens with two attached hydrogens (primary N) is 1. The number of ether oxygens (including phenoxy) is 3. The lowest BCUT2D eigenvalue weighted by Gasteiger charge is -2.30. The van der Waals surface area contributed by atoms with Crippen molar-refractivity contribution in [3.63, 3.8) is 0 Å². The maximum absolute atomic E-state index is 11.8. The number of benzene rings is 1. The summed E-state index contributed by atoms with van der Waals surface area (Å²) in [5.74, 6) is 1.74. The molecular formula is C20H32N2O4. The number of methoxy groups -OCH3 is 1. The van der Waals surface area contributed by atoms with E-state index in [1.54, 1.807) is 14.0 Å². The van der Waals surface area contributed by atoms with Crippen molar-refractivity contribution in [1.82, 2.24) is 4.90 Å². The molecule has 0 aromatic heterocycles. The Morgan fingerprint density at radius 3 is 2.73 bits per heavy atom. The molecule has 6 heteroatoms. The van der Waals surface area contributed by atoms with Gasteiger partial charge in [-0.05, 0) is 44.8 Å². The van der Waals surface area contributed by atoms with Crippen LogP contribution in [0.3, 0.4) is 0 Å². The summed E-state index contributed by atoms with van der Waals surface area (Å²) in [4.78, 5) is 14.3. The summed E-state index contributed by atoms with van der Waals surface area (Å²) in [7, 11) is 1.61. The van der Waals surface area contributed by atoms with Gasteiger partial charge in [0.1, 0.15) is 12.6 Å². The highest BCUT2D eigenvalue weighted by Crippen LogP contribution is 2.32. The fraction of sp³-hybridized carbons (Fsp3) is 0.650. The Morgan fingerprint density at radius 1 is 1.35 bits per heavy atom. The summed E-state index contributed by atoms with van der Waals surface area (Å²) in [6.45, 7) is 8.11. The van der Waals surface area contributed by atoms with Crippen LogP contribution < -0.4 is 15.2 Å². The highest BCUT2D eigenvalue weighted by molar-refractivity contribution is 5.76. The SMILES string of the molecule is CCOC(=O)C(N)Cc1cccc(OC)c1OCCN1CCC(C)CC1. The summed E-state index contributed by atoms with van der Waals surface area (Å²) >= 11 is 0. The van der Waals surface area contributed by atoms with Crippen LogP contribution in [0.5, 0.6) is 11.5 Å². The summed E-state index contributed by atoms with van der Waals surface area (Å²) < 4.78 is 16.5. The maximum atomic E-state index is 11.8. The van der Waals surface area contributed by atoms with E-state index in [1.807, 2.05) is 18.2 Å².